The molecule has 2 N–H and O–H groups in total. The van der Waals surface area contributed by atoms with Crippen molar-refractivity contribution in [1.29, 1.82) is 0 Å². The molecule has 0 bridgehead atoms. The first-order valence-corrected chi connectivity index (χ1v) is 8.73. The number of carbonyl (C=O) groups is 2. The second-order valence-corrected chi connectivity index (χ2v) is 6.96. The minimum absolute atomic E-state index is 0.00802. The van der Waals surface area contributed by atoms with E-state index in [9.17, 15) is 14.0 Å². The molecule has 0 heterocycles. The van der Waals surface area contributed by atoms with E-state index >= 15 is 0 Å². The van der Waals surface area contributed by atoms with Gasteiger partial charge in [0.15, 0.2) is 0 Å². The summed E-state index contributed by atoms with van der Waals surface area (Å²) in [7, 11) is 0. The molecule has 2 rings (SSSR count). The Kier molecular flexibility index (Phi) is 6.76. The van der Waals surface area contributed by atoms with Crippen molar-refractivity contribution >= 4 is 11.8 Å². The predicted octanol–water partition coefficient (Wildman–Crippen LogP) is 2.96. The lowest BCUT2D eigenvalue weighted by Gasteiger charge is -2.29. The largest absolute Gasteiger partial charge is 0.354 e. The van der Waals surface area contributed by atoms with Crippen molar-refractivity contribution in [3.63, 3.8) is 0 Å². The fourth-order valence-electron chi connectivity index (χ4n) is 3.41. The molecule has 0 saturated heterocycles. The maximum absolute atomic E-state index is 13.2. The highest BCUT2D eigenvalue weighted by Crippen LogP contribution is 2.19. The van der Waals surface area contributed by atoms with Gasteiger partial charge in [-0.1, -0.05) is 19.1 Å². The third-order valence-corrected chi connectivity index (χ3v) is 4.51. The van der Waals surface area contributed by atoms with Gasteiger partial charge in [0, 0.05) is 25.4 Å². The summed E-state index contributed by atoms with van der Waals surface area (Å²) in [4.78, 5) is 23.2. The molecule has 132 valence electrons. The summed E-state index contributed by atoms with van der Waals surface area (Å²) in [6.45, 7) is 3.55. The normalized spacial score (nSPS) is 21.8. The monoisotopic (exact) mass is 334 g/mol. The molecule has 1 aliphatic rings. The Labute approximate surface area is 143 Å². The van der Waals surface area contributed by atoms with Crippen LogP contribution in [0.3, 0.4) is 0 Å². The number of hydrogen-bond acceptors (Lipinski definition) is 2. The molecular formula is C19H27FN2O2. The lowest BCUT2D eigenvalue weighted by molar-refractivity contribution is -0.123. The quantitative estimate of drug-likeness (QED) is 0.840. The van der Waals surface area contributed by atoms with Crippen molar-refractivity contribution in [1.82, 2.24) is 10.6 Å². The van der Waals surface area contributed by atoms with E-state index in [0.717, 1.165) is 31.2 Å². The molecule has 1 atom stereocenters. The van der Waals surface area contributed by atoms with Crippen LogP contribution in [0.1, 0.15) is 51.5 Å². The highest BCUT2D eigenvalue weighted by atomic mass is 19.1. The van der Waals surface area contributed by atoms with Crippen molar-refractivity contribution in [3.8, 4) is 0 Å². The summed E-state index contributed by atoms with van der Waals surface area (Å²) < 4.78 is 13.2. The molecule has 4 nitrogen and oxygen atoms in total. The van der Waals surface area contributed by atoms with Crippen molar-refractivity contribution in [2.45, 2.75) is 64.5 Å². The van der Waals surface area contributed by atoms with Crippen LogP contribution in [0.15, 0.2) is 24.3 Å². The van der Waals surface area contributed by atoms with Gasteiger partial charge >= 0.3 is 0 Å². The lowest BCUT2D eigenvalue weighted by atomic mass is 9.90. The van der Waals surface area contributed by atoms with Gasteiger partial charge in [0.05, 0.1) is 0 Å². The van der Waals surface area contributed by atoms with Crippen LogP contribution in [-0.4, -0.2) is 23.9 Å². The van der Waals surface area contributed by atoms with E-state index < -0.39 is 0 Å². The van der Waals surface area contributed by atoms with Crippen LogP contribution in [0, 0.1) is 11.7 Å². The summed E-state index contributed by atoms with van der Waals surface area (Å²) in [6, 6.07) is 6.98. The third-order valence-electron chi connectivity index (χ3n) is 4.51. The molecular weight excluding hydrogens is 307 g/mol. The average Bonchev–Trinajstić information content (AvgIpc) is 2.48. The predicted molar refractivity (Wildman–Crippen MR) is 91.9 cm³/mol. The first kappa shape index (κ1) is 18.4. The summed E-state index contributed by atoms with van der Waals surface area (Å²) in [6.07, 6.45) is 4.75. The summed E-state index contributed by atoms with van der Waals surface area (Å²) in [5.74, 6) is -0.00172. The second kappa shape index (κ2) is 8.81. The Morgan fingerprint density at radius 3 is 2.38 bits per heavy atom. The van der Waals surface area contributed by atoms with Gasteiger partial charge in [0.1, 0.15) is 5.82 Å². The van der Waals surface area contributed by atoms with Crippen molar-refractivity contribution in [2.24, 2.45) is 5.92 Å². The Hall–Kier alpha value is -1.91. The number of rotatable bonds is 6. The molecule has 1 aliphatic carbocycles. The molecule has 5 heteroatoms. The molecule has 0 radical (unpaired) electrons. The van der Waals surface area contributed by atoms with Gasteiger partial charge in [0.2, 0.25) is 11.8 Å². The van der Waals surface area contributed by atoms with Crippen LogP contribution in [0.4, 0.5) is 4.39 Å². The van der Waals surface area contributed by atoms with E-state index in [0.29, 0.717) is 12.8 Å². The zero-order chi connectivity index (χ0) is 17.5. The van der Waals surface area contributed by atoms with Crippen LogP contribution < -0.4 is 10.6 Å². The first-order valence-electron chi connectivity index (χ1n) is 8.73. The molecule has 2 amide bonds. The maximum Gasteiger partial charge on any atom is 0.220 e. The topological polar surface area (TPSA) is 58.2 Å². The van der Waals surface area contributed by atoms with E-state index in [4.69, 9.17) is 0 Å². The van der Waals surface area contributed by atoms with Crippen molar-refractivity contribution in [2.75, 3.05) is 0 Å². The maximum atomic E-state index is 13.2. The zero-order valence-corrected chi connectivity index (χ0v) is 14.5. The summed E-state index contributed by atoms with van der Waals surface area (Å²) in [5, 5.41) is 6.03. The lowest BCUT2D eigenvalue weighted by Crippen LogP contribution is -2.43. The summed E-state index contributed by atoms with van der Waals surface area (Å²) >= 11 is 0. The number of hydrogen-bond donors (Lipinski definition) is 2. The third kappa shape index (κ3) is 6.30. The van der Waals surface area contributed by atoms with E-state index in [1.54, 1.807) is 6.07 Å². The van der Waals surface area contributed by atoms with Crippen LogP contribution in [-0.2, 0) is 16.0 Å². The molecule has 1 unspecified atom stereocenters. The molecule has 0 aliphatic heterocycles. The highest BCUT2D eigenvalue weighted by molar-refractivity contribution is 5.76. The number of halogens is 1. The molecule has 1 aromatic rings. The Balaban J connectivity index is 1.70. The molecule has 1 fully saturated rings. The highest BCUT2D eigenvalue weighted by Gasteiger charge is 2.23. The number of amides is 2. The zero-order valence-electron chi connectivity index (χ0n) is 14.5. The second-order valence-electron chi connectivity index (χ2n) is 6.96. The molecule has 1 aromatic carbocycles. The van der Waals surface area contributed by atoms with Gasteiger partial charge in [0.25, 0.3) is 0 Å². The minimum atomic E-state index is -0.236. The smallest absolute Gasteiger partial charge is 0.220 e. The number of carbonyl (C=O) groups excluding carboxylic acids is 2. The van der Waals surface area contributed by atoms with Gasteiger partial charge in [-0.15, -0.1) is 0 Å². The molecule has 1 saturated carbocycles. The van der Waals surface area contributed by atoms with E-state index in [2.05, 4.69) is 10.6 Å². The standard InChI is InChI=1S/C19H27FN2O2/c1-13(10-15-4-3-5-16(20)12-15)11-19(24)22-18-8-6-17(7-9-18)21-14(2)23/h3-5,12-13,17-18H,6-11H2,1-2H3,(H,21,23)(H,22,24). The van der Waals surface area contributed by atoms with Gasteiger partial charge in [-0.05, 0) is 55.7 Å². The SMILES string of the molecule is CC(=O)NC1CCC(NC(=O)CC(C)Cc2cccc(F)c2)CC1. The van der Waals surface area contributed by atoms with Crippen molar-refractivity contribution in [3.05, 3.63) is 35.6 Å². The molecule has 0 aromatic heterocycles. The fraction of sp³-hybridized carbons (Fsp3) is 0.579. The summed E-state index contributed by atoms with van der Waals surface area (Å²) in [5.41, 5.74) is 0.922. The number of nitrogens with one attached hydrogen (secondary N) is 2. The average molecular weight is 334 g/mol. The van der Waals surface area contributed by atoms with Crippen LogP contribution in [0.25, 0.3) is 0 Å². The molecule has 0 spiro atoms. The Morgan fingerprint density at radius 2 is 1.79 bits per heavy atom. The van der Waals surface area contributed by atoms with Gasteiger partial charge in [-0.25, -0.2) is 4.39 Å². The van der Waals surface area contributed by atoms with E-state index in [-0.39, 0.29) is 35.6 Å². The Bertz CT molecular complexity index is 568. The number of benzene rings is 1. The fourth-order valence-corrected chi connectivity index (χ4v) is 3.41. The van der Waals surface area contributed by atoms with Crippen LogP contribution in [0.5, 0.6) is 0 Å². The van der Waals surface area contributed by atoms with Gasteiger partial charge in [-0.2, -0.15) is 0 Å². The van der Waals surface area contributed by atoms with Crippen LogP contribution >= 0.6 is 0 Å². The minimum Gasteiger partial charge on any atom is -0.354 e. The van der Waals surface area contributed by atoms with E-state index in [1.165, 1.54) is 19.1 Å². The van der Waals surface area contributed by atoms with Crippen molar-refractivity contribution < 1.29 is 14.0 Å². The van der Waals surface area contributed by atoms with Crippen LogP contribution in [0.2, 0.25) is 0 Å². The van der Waals surface area contributed by atoms with Gasteiger partial charge in [-0.3, -0.25) is 9.59 Å². The first-order chi connectivity index (χ1) is 11.4. The Morgan fingerprint density at radius 1 is 1.17 bits per heavy atom. The van der Waals surface area contributed by atoms with Gasteiger partial charge < -0.3 is 10.6 Å². The van der Waals surface area contributed by atoms with E-state index in [1.807, 2.05) is 13.0 Å². The molecule has 24 heavy (non-hydrogen) atoms.